The molecule has 3 rings (SSSR count). The largest absolute Gasteiger partial charge is 0.330 e. The van der Waals surface area contributed by atoms with E-state index in [0.717, 1.165) is 19.0 Å². The van der Waals surface area contributed by atoms with Crippen LogP contribution in [-0.2, 0) is 0 Å². The summed E-state index contributed by atoms with van der Waals surface area (Å²) in [4.78, 5) is 0. The number of nitrogens with two attached hydrogens (primary N) is 1. The molecule has 18 heavy (non-hydrogen) atoms. The molecule has 1 unspecified atom stereocenters. The van der Waals surface area contributed by atoms with Crippen LogP contribution in [0.4, 0.5) is 0 Å². The van der Waals surface area contributed by atoms with Crippen LogP contribution in [0.15, 0.2) is 30.3 Å². The van der Waals surface area contributed by atoms with Crippen LogP contribution in [0.5, 0.6) is 0 Å². The van der Waals surface area contributed by atoms with Crippen molar-refractivity contribution in [1.29, 1.82) is 0 Å². The van der Waals surface area contributed by atoms with Crippen LogP contribution >= 0.6 is 0 Å². The highest BCUT2D eigenvalue weighted by atomic mass is 14.9. The second kappa shape index (κ2) is 5.02. The summed E-state index contributed by atoms with van der Waals surface area (Å²) < 4.78 is 0. The molecule has 3 N–H and O–H groups in total. The van der Waals surface area contributed by atoms with Crippen molar-refractivity contribution in [1.82, 2.24) is 5.32 Å². The van der Waals surface area contributed by atoms with Gasteiger partial charge in [0.15, 0.2) is 0 Å². The van der Waals surface area contributed by atoms with Gasteiger partial charge in [-0.3, -0.25) is 0 Å². The average Bonchev–Trinajstić information content (AvgIpc) is 3.29. The molecule has 0 bridgehead atoms. The summed E-state index contributed by atoms with van der Waals surface area (Å²) in [6.07, 6.45) is 5.84. The minimum absolute atomic E-state index is 0.459. The van der Waals surface area contributed by atoms with E-state index in [1.807, 2.05) is 0 Å². The Balaban J connectivity index is 1.49. The zero-order valence-electron chi connectivity index (χ0n) is 11.1. The Bertz CT molecular complexity index is 379. The van der Waals surface area contributed by atoms with Gasteiger partial charge in [-0.25, -0.2) is 0 Å². The summed E-state index contributed by atoms with van der Waals surface area (Å²) in [6, 6.07) is 10.6. The summed E-state index contributed by atoms with van der Waals surface area (Å²) in [5.74, 6) is 1.50. The van der Waals surface area contributed by atoms with Gasteiger partial charge >= 0.3 is 0 Å². The first-order chi connectivity index (χ1) is 8.84. The van der Waals surface area contributed by atoms with Gasteiger partial charge in [0, 0.05) is 25.6 Å². The van der Waals surface area contributed by atoms with Crippen molar-refractivity contribution in [2.24, 2.45) is 17.1 Å². The molecule has 2 aliphatic rings. The van der Waals surface area contributed by atoms with E-state index in [4.69, 9.17) is 5.73 Å². The van der Waals surface area contributed by atoms with E-state index in [2.05, 4.69) is 35.6 Å². The molecule has 1 aromatic carbocycles. The average molecular weight is 244 g/mol. The summed E-state index contributed by atoms with van der Waals surface area (Å²) in [5.41, 5.74) is 7.96. The van der Waals surface area contributed by atoms with E-state index in [1.165, 1.54) is 37.8 Å². The summed E-state index contributed by atoms with van der Waals surface area (Å²) in [7, 11) is 0. The molecular formula is C16H24N2. The van der Waals surface area contributed by atoms with Gasteiger partial charge < -0.3 is 11.1 Å². The van der Waals surface area contributed by atoms with Crippen molar-refractivity contribution in [3.05, 3.63) is 35.9 Å². The van der Waals surface area contributed by atoms with Gasteiger partial charge in [0.1, 0.15) is 0 Å². The molecule has 2 saturated carbocycles. The molecule has 2 aliphatic carbocycles. The van der Waals surface area contributed by atoms with Crippen molar-refractivity contribution in [2.75, 3.05) is 19.6 Å². The molecule has 0 spiro atoms. The van der Waals surface area contributed by atoms with Gasteiger partial charge in [0.2, 0.25) is 0 Å². The highest BCUT2D eigenvalue weighted by molar-refractivity contribution is 5.20. The monoisotopic (exact) mass is 244 g/mol. The fraction of sp³-hybridized carbons (Fsp3) is 0.625. The quantitative estimate of drug-likeness (QED) is 0.773. The first-order valence-electron chi connectivity index (χ1n) is 7.30. The number of benzene rings is 1. The van der Waals surface area contributed by atoms with Crippen LogP contribution < -0.4 is 11.1 Å². The Hall–Kier alpha value is -0.860. The van der Waals surface area contributed by atoms with Crippen LogP contribution in [0.1, 0.15) is 37.2 Å². The Morgan fingerprint density at radius 2 is 1.94 bits per heavy atom. The Kier molecular flexibility index (Phi) is 3.40. The van der Waals surface area contributed by atoms with Gasteiger partial charge in [-0.2, -0.15) is 0 Å². The van der Waals surface area contributed by atoms with Crippen molar-refractivity contribution in [3.63, 3.8) is 0 Å². The molecule has 98 valence electrons. The topological polar surface area (TPSA) is 38.0 Å². The lowest BCUT2D eigenvalue weighted by Crippen LogP contribution is -2.32. The number of hydrogen-bond acceptors (Lipinski definition) is 2. The van der Waals surface area contributed by atoms with Crippen molar-refractivity contribution >= 4 is 0 Å². The third kappa shape index (κ3) is 2.60. The molecule has 0 aromatic heterocycles. The molecule has 0 radical (unpaired) electrons. The molecular weight excluding hydrogens is 220 g/mol. The maximum atomic E-state index is 5.90. The maximum absolute atomic E-state index is 5.90. The van der Waals surface area contributed by atoms with E-state index in [0.29, 0.717) is 11.3 Å². The van der Waals surface area contributed by atoms with Crippen molar-refractivity contribution in [2.45, 2.75) is 31.6 Å². The van der Waals surface area contributed by atoms with E-state index >= 15 is 0 Å². The predicted molar refractivity (Wildman–Crippen MR) is 75.5 cm³/mol. The van der Waals surface area contributed by atoms with Crippen molar-refractivity contribution < 1.29 is 0 Å². The summed E-state index contributed by atoms with van der Waals surface area (Å²) >= 11 is 0. The molecule has 0 aliphatic heterocycles. The first kappa shape index (κ1) is 12.2. The van der Waals surface area contributed by atoms with Gasteiger partial charge in [0.05, 0.1) is 0 Å². The minimum Gasteiger partial charge on any atom is -0.330 e. The fourth-order valence-electron chi connectivity index (χ4n) is 3.14. The van der Waals surface area contributed by atoms with E-state index in [-0.39, 0.29) is 0 Å². The standard InChI is InChI=1S/C16H24N2/c17-10-14(13-4-2-1-3-5-13)11-18-12-16(8-9-16)15-6-7-15/h1-5,14-15,18H,6-12,17H2. The van der Waals surface area contributed by atoms with Crippen LogP contribution in [-0.4, -0.2) is 19.6 Å². The lowest BCUT2D eigenvalue weighted by atomic mass is 9.97. The Morgan fingerprint density at radius 3 is 2.50 bits per heavy atom. The fourth-order valence-corrected chi connectivity index (χ4v) is 3.14. The maximum Gasteiger partial charge on any atom is 0.00863 e. The molecule has 1 aromatic rings. The van der Waals surface area contributed by atoms with Gasteiger partial charge in [-0.05, 0) is 42.6 Å². The molecule has 1 atom stereocenters. The summed E-state index contributed by atoms with van der Waals surface area (Å²) in [5, 5.41) is 3.68. The van der Waals surface area contributed by atoms with Crippen LogP contribution in [0, 0.1) is 11.3 Å². The number of hydrogen-bond donors (Lipinski definition) is 2. The minimum atomic E-state index is 0.459. The normalized spacial score (nSPS) is 22.7. The highest BCUT2D eigenvalue weighted by Gasteiger charge is 2.53. The smallest absolute Gasteiger partial charge is 0.00863 e. The van der Waals surface area contributed by atoms with Gasteiger partial charge in [-0.15, -0.1) is 0 Å². The van der Waals surface area contributed by atoms with E-state index in [1.54, 1.807) is 0 Å². The molecule has 2 heteroatoms. The first-order valence-corrected chi connectivity index (χ1v) is 7.30. The molecule has 2 nitrogen and oxygen atoms in total. The Morgan fingerprint density at radius 1 is 1.22 bits per heavy atom. The second-order valence-corrected chi connectivity index (χ2v) is 6.11. The van der Waals surface area contributed by atoms with Crippen molar-refractivity contribution in [3.8, 4) is 0 Å². The van der Waals surface area contributed by atoms with Crippen LogP contribution in [0.3, 0.4) is 0 Å². The van der Waals surface area contributed by atoms with E-state index in [9.17, 15) is 0 Å². The number of rotatable bonds is 7. The molecule has 0 heterocycles. The third-order valence-electron chi connectivity index (χ3n) is 4.76. The van der Waals surface area contributed by atoms with E-state index < -0.39 is 0 Å². The Labute approximate surface area is 110 Å². The zero-order valence-corrected chi connectivity index (χ0v) is 11.1. The number of nitrogens with one attached hydrogen (secondary N) is 1. The zero-order chi connectivity index (χ0) is 12.4. The molecule has 2 fully saturated rings. The lowest BCUT2D eigenvalue weighted by Gasteiger charge is -2.19. The SMILES string of the molecule is NCC(CNCC1(C2CC2)CC1)c1ccccc1. The van der Waals surface area contributed by atoms with Crippen LogP contribution in [0.2, 0.25) is 0 Å². The van der Waals surface area contributed by atoms with Crippen LogP contribution in [0.25, 0.3) is 0 Å². The third-order valence-corrected chi connectivity index (χ3v) is 4.76. The molecule has 0 saturated heterocycles. The van der Waals surface area contributed by atoms with Gasteiger partial charge in [-0.1, -0.05) is 30.3 Å². The molecule has 0 amide bonds. The lowest BCUT2D eigenvalue weighted by molar-refractivity contribution is 0.397. The predicted octanol–water partition coefficient (Wildman–Crippen LogP) is 2.51. The second-order valence-electron chi connectivity index (χ2n) is 6.11. The summed E-state index contributed by atoms with van der Waals surface area (Å²) in [6.45, 7) is 2.96. The van der Waals surface area contributed by atoms with Gasteiger partial charge in [0.25, 0.3) is 0 Å². The highest BCUT2D eigenvalue weighted by Crippen LogP contribution is 2.60.